The molecule has 0 fully saturated rings. The fourth-order valence-electron chi connectivity index (χ4n) is 4.15. The second-order valence-electron chi connectivity index (χ2n) is 6.87. The van der Waals surface area contributed by atoms with E-state index in [1.165, 1.54) is 0 Å². The van der Waals surface area contributed by atoms with Crippen molar-refractivity contribution in [2.75, 3.05) is 0 Å². The summed E-state index contributed by atoms with van der Waals surface area (Å²) in [6.07, 6.45) is 0. The summed E-state index contributed by atoms with van der Waals surface area (Å²) in [6, 6.07) is 11.2. The van der Waals surface area contributed by atoms with Crippen molar-refractivity contribution in [3.8, 4) is 0 Å². The summed E-state index contributed by atoms with van der Waals surface area (Å²) < 4.78 is 26.4. The molecule has 4 nitrogen and oxygen atoms in total. The lowest BCUT2D eigenvalue weighted by Gasteiger charge is -2.22. The molecule has 0 aromatic heterocycles. The number of oxime groups is 1. The van der Waals surface area contributed by atoms with Crippen molar-refractivity contribution < 1.29 is 13.3 Å². The molecule has 0 N–H and O–H groups in total. The monoisotopic (exact) mass is 341 g/mol. The normalized spacial score (nSPS) is 26.5. The third-order valence-corrected chi connectivity index (χ3v) is 7.32. The van der Waals surface area contributed by atoms with Gasteiger partial charge in [0.2, 0.25) is 0 Å². The van der Waals surface area contributed by atoms with Crippen LogP contribution in [0.2, 0.25) is 0 Å². The van der Waals surface area contributed by atoms with Crippen molar-refractivity contribution in [2.45, 2.75) is 43.4 Å². The van der Waals surface area contributed by atoms with Gasteiger partial charge in [-0.05, 0) is 44.9 Å². The van der Waals surface area contributed by atoms with Crippen molar-refractivity contribution >= 4 is 15.5 Å². The SMILES string of the molecule is Cc1cc(C)c(C2=NOC3(C)c4ccccc4S(=O)(=O)C23)c(C)c1. The molecule has 0 bridgehead atoms. The molecule has 0 saturated carbocycles. The smallest absolute Gasteiger partial charge is 0.191 e. The molecular weight excluding hydrogens is 322 g/mol. The van der Waals surface area contributed by atoms with Crippen LogP contribution in [-0.4, -0.2) is 19.4 Å². The van der Waals surface area contributed by atoms with Crippen LogP contribution in [0.4, 0.5) is 0 Å². The number of hydrogen-bond acceptors (Lipinski definition) is 4. The van der Waals surface area contributed by atoms with Crippen LogP contribution >= 0.6 is 0 Å². The maximum Gasteiger partial charge on any atom is 0.191 e. The van der Waals surface area contributed by atoms with Gasteiger partial charge in [0.1, 0.15) is 5.71 Å². The Balaban J connectivity index is 1.96. The molecule has 2 aromatic carbocycles. The molecule has 0 aliphatic carbocycles. The predicted molar refractivity (Wildman–Crippen MR) is 93.0 cm³/mol. The van der Waals surface area contributed by atoms with Gasteiger partial charge in [-0.25, -0.2) is 8.42 Å². The quantitative estimate of drug-likeness (QED) is 0.798. The highest BCUT2D eigenvalue weighted by atomic mass is 32.2. The Hall–Kier alpha value is -2.14. The first-order valence-corrected chi connectivity index (χ1v) is 9.49. The standard InChI is InChI=1S/C19H19NO3S/c1-11-9-12(2)16(13(3)10-11)17-18-19(4,23-20-17)14-7-5-6-8-15(14)24(18,21)22/h5-10,18H,1-4H3. The molecule has 0 amide bonds. The average Bonchev–Trinajstić information content (AvgIpc) is 2.93. The molecule has 2 aromatic rings. The van der Waals surface area contributed by atoms with Crippen LogP contribution in [0.5, 0.6) is 0 Å². The number of nitrogens with zero attached hydrogens (tertiary/aromatic N) is 1. The van der Waals surface area contributed by atoms with Gasteiger partial charge in [0.05, 0.1) is 4.90 Å². The van der Waals surface area contributed by atoms with E-state index in [2.05, 4.69) is 17.3 Å². The first kappa shape index (κ1) is 15.4. The van der Waals surface area contributed by atoms with Gasteiger partial charge in [-0.2, -0.15) is 0 Å². The largest absolute Gasteiger partial charge is 0.382 e. The van der Waals surface area contributed by atoms with Gasteiger partial charge in [-0.15, -0.1) is 0 Å². The summed E-state index contributed by atoms with van der Waals surface area (Å²) in [5.74, 6) is 0. The molecule has 2 heterocycles. The summed E-state index contributed by atoms with van der Waals surface area (Å²) in [5, 5.41) is 3.44. The molecule has 4 rings (SSSR count). The van der Waals surface area contributed by atoms with Crippen LogP contribution in [0.15, 0.2) is 46.4 Å². The molecule has 124 valence electrons. The van der Waals surface area contributed by atoms with Gasteiger partial charge in [0.25, 0.3) is 0 Å². The van der Waals surface area contributed by atoms with Crippen molar-refractivity contribution in [3.63, 3.8) is 0 Å². The minimum Gasteiger partial charge on any atom is -0.382 e. The van der Waals surface area contributed by atoms with Gasteiger partial charge in [0, 0.05) is 11.1 Å². The Morgan fingerprint density at radius 2 is 1.71 bits per heavy atom. The Kier molecular flexibility index (Phi) is 3.01. The van der Waals surface area contributed by atoms with Gasteiger partial charge in [-0.1, -0.05) is 41.1 Å². The summed E-state index contributed by atoms with van der Waals surface area (Å²) >= 11 is 0. The van der Waals surface area contributed by atoms with E-state index in [0.717, 1.165) is 22.3 Å². The van der Waals surface area contributed by atoms with E-state index in [0.29, 0.717) is 16.2 Å². The maximum absolute atomic E-state index is 13.2. The third kappa shape index (κ3) is 1.79. The minimum absolute atomic E-state index is 0.354. The number of hydrogen-bond donors (Lipinski definition) is 0. The molecule has 5 heteroatoms. The van der Waals surface area contributed by atoms with Crippen LogP contribution in [0.3, 0.4) is 0 Å². The van der Waals surface area contributed by atoms with Crippen molar-refractivity contribution in [3.05, 3.63) is 64.2 Å². The Labute approximate surface area is 142 Å². The lowest BCUT2D eigenvalue weighted by atomic mass is 9.86. The van der Waals surface area contributed by atoms with E-state index in [4.69, 9.17) is 4.84 Å². The maximum atomic E-state index is 13.2. The van der Waals surface area contributed by atoms with Crippen LogP contribution in [-0.2, 0) is 20.3 Å². The molecule has 2 unspecified atom stereocenters. The molecule has 2 aliphatic heterocycles. The highest BCUT2D eigenvalue weighted by molar-refractivity contribution is 7.93. The topological polar surface area (TPSA) is 55.7 Å². The van der Waals surface area contributed by atoms with E-state index in [1.807, 2.05) is 39.8 Å². The van der Waals surface area contributed by atoms with Crippen LogP contribution < -0.4 is 0 Å². The second-order valence-corrected chi connectivity index (χ2v) is 8.87. The van der Waals surface area contributed by atoms with Crippen LogP contribution in [0.25, 0.3) is 0 Å². The van der Waals surface area contributed by atoms with Crippen molar-refractivity contribution in [2.24, 2.45) is 5.16 Å². The number of rotatable bonds is 1. The van der Waals surface area contributed by atoms with Crippen LogP contribution in [0.1, 0.15) is 34.7 Å². The van der Waals surface area contributed by atoms with E-state index < -0.39 is 20.7 Å². The Morgan fingerprint density at radius 1 is 1.08 bits per heavy atom. The zero-order chi connectivity index (χ0) is 17.3. The molecule has 2 atom stereocenters. The lowest BCUT2D eigenvalue weighted by molar-refractivity contribution is -0.00377. The Bertz CT molecular complexity index is 984. The minimum atomic E-state index is -3.54. The summed E-state index contributed by atoms with van der Waals surface area (Å²) in [5.41, 5.74) is 4.31. The third-order valence-electron chi connectivity index (χ3n) is 5.05. The van der Waals surface area contributed by atoms with Crippen LogP contribution in [0, 0.1) is 20.8 Å². The first-order valence-electron chi connectivity index (χ1n) is 7.94. The molecule has 0 spiro atoms. The van der Waals surface area contributed by atoms with Gasteiger partial charge in [-0.3, -0.25) is 0 Å². The van der Waals surface area contributed by atoms with Crippen molar-refractivity contribution in [1.82, 2.24) is 0 Å². The first-order chi connectivity index (χ1) is 11.3. The summed E-state index contributed by atoms with van der Waals surface area (Å²) in [7, 11) is -3.54. The number of sulfone groups is 1. The van der Waals surface area contributed by atoms with E-state index in [1.54, 1.807) is 12.1 Å². The molecule has 0 saturated heterocycles. The van der Waals surface area contributed by atoms with E-state index in [-0.39, 0.29) is 0 Å². The molecule has 0 radical (unpaired) electrons. The zero-order valence-corrected chi connectivity index (χ0v) is 14.9. The Morgan fingerprint density at radius 3 is 2.38 bits per heavy atom. The lowest BCUT2D eigenvalue weighted by Crippen LogP contribution is -2.39. The number of fused-ring (bicyclic) bond motifs is 3. The highest BCUT2D eigenvalue weighted by Gasteiger charge is 2.61. The number of aryl methyl sites for hydroxylation is 3. The number of benzene rings is 2. The van der Waals surface area contributed by atoms with E-state index >= 15 is 0 Å². The fraction of sp³-hybridized carbons (Fsp3) is 0.316. The van der Waals surface area contributed by atoms with Gasteiger partial charge >= 0.3 is 0 Å². The molecular formula is C19H19NO3S. The zero-order valence-electron chi connectivity index (χ0n) is 14.1. The van der Waals surface area contributed by atoms with Gasteiger partial charge < -0.3 is 4.84 Å². The molecule has 2 aliphatic rings. The highest BCUT2D eigenvalue weighted by Crippen LogP contribution is 2.50. The van der Waals surface area contributed by atoms with Gasteiger partial charge in [0.15, 0.2) is 20.7 Å². The second kappa shape index (κ2) is 4.70. The fourth-order valence-corrected chi connectivity index (χ4v) is 6.46. The van der Waals surface area contributed by atoms with Crippen molar-refractivity contribution in [1.29, 1.82) is 0 Å². The average molecular weight is 341 g/mol. The molecule has 24 heavy (non-hydrogen) atoms. The summed E-state index contributed by atoms with van der Waals surface area (Å²) in [4.78, 5) is 6.10. The summed E-state index contributed by atoms with van der Waals surface area (Å²) in [6.45, 7) is 7.82. The van der Waals surface area contributed by atoms with E-state index in [9.17, 15) is 8.42 Å². The predicted octanol–water partition coefficient (Wildman–Crippen LogP) is 3.42.